The lowest BCUT2D eigenvalue weighted by atomic mass is 9.95. The van der Waals surface area contributed by atoms with Crippen LogP contribution in [0.25, 0.3) is 11.3 Å². The summed E-state index contributed by atoms with van der Waals surface area (Å²) in [5, 5.41) is 0.734. The number of halogens is 1. The predicted molar refractivity (Wildman–Crippen MR) is 76.8 cm³/mol. The smallest absolute Gasteiger partial charge is 0.0717 e. The first-order valence-corrected chi connectivity index (χ1v) is 6.51. The molecule has 94 valence electrons. The molecule has 0 aliphatic carbocycles. The molecule has 2 rings (SSSR count). The van der Waals surface area contributed by atoms with E-state index in [-0.39, 0.29) is 0 Å². The number of nitrogens with two attached hydrogens (primary N) is 1. The minimum absolute atomic E-state index is 0.440. The van der Waals surface area contributed by atoms with Crippen LogP contribution in [0.1, 0.15) is 24.8 Å². The van der Waals surface area contributed by atoms with Gasteiger partial charge in [0.15, 0.2) is 0 Å². The molecule has 3 heteroatoms. The van der Waals surface area contributed by atoms with Crippen molar-refractivity contribution in [3.05, 3.63) is 53.2 Å². The maximum Gasteiger partial charge on any atom is 0.0717 e. The Bertz CT molecular complexity index is 511. The summed E-state index contributed by atoms with van der Waals surface area (Å²) in [5.41, 5.74) is 8.75. The van der Waals surface area contributed by atoms with Crippen molar-refractivity contribution in [2.75, 3.05) is 6.54 Å². The first-order valence-electron chi connectivity index (χ1n) is 6.13. The average Bonchev–Trinajstić information content (AvgIpc) is 2.40. The molecule has 1 atom stereocenters. The standard InChI is InChI=1S/C15H17ClN2/c1-11(7-8-17)12-5-6-14(16)13(10-12)15-4-2-3-9-18-15/h2-6,9-11H,7-8,17H2,1H3. The lowest BCUT2D eigenvalue weighted by molar-refractivity contribution is 0.690. The molecule has 2 aromatic rings. The molecule has 2 nitrogen and oxygen atoms in total. The first kappa shape index (κ1) is 13.1. The van der Waals surface area contributed by atoms with Crippen LogP contribution in [0, 0.1) is 0 Å². The number of pyridine rings is 1. The molecule has 0 saturated heterocycles. The van der Waals surface area contributed by atoms with Crippen LogP contribution >= 0.6 is 11.6 Å². The minimum Gasteiger partial charge on any atom is -0.330 e. The van der Waals surface area contributed by atoms with Crippen LogP contribution in [0.15, 0.2) is 42.6 Å². The third-order valence-electron chi connectivity index (χ3n) is 3.10. The largest absolute Gasteiger partial charge is 0.330 e. The highest BCUT2D eigenvalue weighted by Crippen LogP contribution is 2.30. The van der Waals surface area contributed by atoms with Gasteiger partial charge in [0.05, 0.1) is 5.69 Å². The lowest BCUT2D eigenvalue weighted by Crippen LogP contribution is -2.04. The molecular formula is C15H17ClN2. The molecule has 0 spiro atoms. The van der Waals surface area contributed by atoms with Crippen LogP contribution in [-0.4, -0.2) is 11.5 Å². The summed E-state index contributed by atoms with van der Waals surface area (Å²) < 4.78 is 0. The van der Waals surface area contributed by atoms with Crippen LogP contribution in [0.5, 0.6) is 0 Å². The van der Waals surface area contributed by atoms with Crippen molar-refractivity contribution in [2.45, 2.75) is 19.3 Å². The Morgan fingerprint density at radius 1 is 1.28 bits per heavy atom. The van der Waals surface area contributed by atoms with Gasteiger partial charge in [-0.15, -0.1) is 0 Å². The van der Waals surface area contributed by atoms with Gasteiger partial charge in [-0.1, -0.05) is 30.7 Å². The summed E-state index contributed by atoms with van der Waals surface area (Å²) in [6, 6.07) is 12.0. The zero-order valence-electron chi connectivity index (χ0n) is 10.4. The highest BCUT2D eigenvalue weighted by atomic mass is 35.5. The fraction of sp³-hybridized carbons (Fsp3) is 0.267. The van der Waals surface area contributed by atoms with E-state index >= 15 is 0 Å². The summed E-state index contributed by atoms with van der Waals surface area (Å²) in [6.45, 7) is 2.88. The molecule has 0 radical (unpaired) electrons. The maximum absolute atomic E-state index is 6.25. The Balaban J connectivity index is 2.39. The highest BCUT2D eigenvalue weighted by Gasteiger charge is 2.09. The van der Waals surface area contributed by atoms with E-state index in [0.29, 0.717) is 12.5 Å². The number of nitrogens with zero attached hydrogens (tertiary/aromatic N) is 1. The lowest BCUT2D eigenvalue weighted by Gasteiger charge is -2.13. The molecule has 0 saturated carbocycles. The maximum atomic E-state index is 6.25. The van der Waals surface area contributed by atoms with Crippen molar-refractivity contribution in [3.63, 3.8) is 0 Å². The van der Waals surface area contributed by atoms with Gasteiger partial charge >= 0.3 is 0 Å². The SMILES string of the molecule is CC(CCN)c1ccc(Cl)c(-c2ccccn2)c1. The second-order valence-corrected chi connectivity index (χ2v) is 4.84. The summed E-state index contributed by atoms with van der Waals surface area (Å²) >= 11 is 6.25. The van der Waals surface area contributed by atoms with E-state index in [1.54, 1.807) is 6.20 Å². The first-order chi connectivity index (χ1) is 8.72. The van der Waals surface area contributed by atoms with Gasteiger partial charge in [0.1, 0.15) is 0 Å². The zero-order chi connectivity index (χ0) is 13.0. The van der Waals surface area contributed by atoms with Crippen molar-refractivity contribution >= 4 is 11.6 Å². The fourth-order valence-electron chi connectivity index (χ4n) is 1.98. The Labute approximate surface area is 113 Å². The van der Waals surface area contributed by atoms with Crippen molar-refractivity contribution in [1.29, 1.82) is 0 Å². The van der Waals surface area contributed by atoms with Crippen molar-refractivity contribution in [3.8, 4) is 11.3 Å². The predicted octanol–water partition coefficient (Wildman–Crippen LogP) is 3.85. The second-order valence-electron chi connectivity index (χ2n) is 4.43. The van der Waals surface area contributed by atoms with Gasteiger partial charge in [0.25, 0.3) is 0 Å². The fourth-order valence-corrected chi connectivity index (χ4v) is 2.20. The second kappa shape index (κ2) is 5.98. The Morgan fingerprint density at radius 2 is 2.11 bits per heavy atom. The average molecular weight is 261 g/mol. The molecule has 0 fully saturated rings. The van der Waals surface area contributed by atoms with Crippen molar-refractivity contribution < 1.29 is 0 Å². The summed E-state index contributed by atoms with van der Waals surface area (Å²) in [5.74, 6) is 0.440. The molecule has 1 aromatic carbocycles. The molecule has 1 heterocycles. The van der Waals surface area contributed by atoms with Crippen LogP contribution in [0.3, 0.4) is 0 Å². The molecule has 1 aromatic heterocycles. The Hall–Kier alpha value is -1.38. The quantitative estimate of drug-likeness (QED) is 0.907. The zero-order valence-corrected chi connectivity index (χ0v) is 11.2. The monoisotopic (exact) mass is 260 g/mol. The molecule has 18 heavy (non-hydrogen) atoms. The molecule has 0 amide bonds. The molecular weight excluding hydrogens is 244 g/mol. The van der Waals surface area contributed by atoms with Crippen LogP contribution in [0.4, 0.5) is 0 Å². The van der Waals surface area contributed by atoms with Gasteiger partial charge in [0.2, 0.25) is 0 Å². The van der Waals surface area contributed by atoms with E-state index in [1.165, 1.54) is 5.56 Å². The number of aromatic nitrogens is 1. The van der Waals surface area contributed by atoms with E-state index in [2.05, 4.69) is 24.0 Å². The van der Waals surface area contributed by atoms with Gasteiger partial charge in [-0.2, -0.15) is 0 Å². The van der Waals surface area contributed by atoms with E-state index in [0.717, 1.165) is 22.7 Å². The summed E-state index contributed by atoms with van der Waals surface area (Å²) in [6.07, 6.45) is 2.75. The van der Waals surface area contributed by atoms with Crippen molar-refractivity contribution in [1.82, 2.24) is 4.98 Å². The third kappa shape index (κ3) is 2.89. The topological polar surface area (TPSA) is 38.9 Å². The van der Waals surface area contributed by atoms with Crippen molar-refractivity contribution in [2.24, 2.45) is 5.73 Å². The number of hydrogen-bond donors (Lipinski definition) is 1. The van der Waals surface area contributed by atoms with Crippen LogP contribution < -0.4 is 5.73 Å². The van der Waals surface area contributed by atoms with Gasteiger partial charge in [-0.05, 0) is 48.7 Å². The van der Waals surface area contributed by atoms with E-state index in [4.69, 9.17) is 17.3 Å². The van der Waals surface area contributed by atoms with Gasteiger partial charge in [0, 0.05) is 16.8 Å². The number of benzene rings is 1. The number of hydrogen-bond acceptors (Lipinski definition) is 2. The van der Waals surface area contributed by atoms with E-state index in [1.807, 2.05) is 24.3 Å². The van der Waals surface area contributed by atoms with Crippen LogP contribution in [-0.2, 0) is 0 Å². The molecule has 1 unspecified atom stereocenters. The van der Waals surface area contributed by atoms with Crippen LogP contribution in [0.2, 0.25) is 5.02 Å². The molecule has 0 aliphatic rings. The normalized spacial score (nSPS) is 12.4. The summed E-state index contributed by atoms with van der Waals surface area (Å²) in [4.78, 5) is 4.35. The Morgan fingerprint density at radius 3 is 2.78 bits per heavy atom. The third-order valence-corrected chi connectivity index (χ3v) is 3.43. The Kier molecular flexibility index (Phi) is 4.34. The molecule has 2 N–H and O–H groups in total. The van der Waals surface area contributed by atoms with Gasteiger partial charge in [-0.25, -0.2) is 0 Å². The number of rotatable bonds is 4. The minimum atomic E-state index is 0.440. The highest BCUT2D eigenvalue weighted by molar-refractivity contribution is 6.33. The van der Waals surface area contributed by atoms with E-state index in [9.17, 15) is 0 Å². The summed E-state index contributed by atoms with van der Waals surface area (Å²) in [7, 11) is 0. The molecule has 0 bridgehead atoms. The van der Waals surface area contributed by atoms with E-state index < -0.39 is 0 Å². The molecule has 0 aliphatic heterocycles. The van der Waals surface area contributed by atoms with Gasteiger partial charge in [-0.3, -0.25) is 4.98 Å². The van der Waals surface area contributed by atoms with Gasteiger partial charge < -0.3 is 5.73 Å².